The predicted octanol–water partition coefficient (Wildman–Crippen LogP) is -4.38. The van der Waals surface area contributed by atoms with Gasteiger partial charge in [0.25, 0.3) is 0 Å². The predicted molar refractivity (Wildman–Crippen MR) is 362 cm³/mol. The molecule has 1 heterocycles. The van der Waals surface area contributed by atoms with Gasteiger partial charge in [-0.2, -0.15) is 0 Å². The topological polar surface area (TPSA) is 603 Å². The lowest BCUT2D eigenvalue weighted by molar-refractivity contribution is -0.143. The van der Waals surface area contributed by atoms with Gasteiger partial charge in [-0.1, -0.05) is 82.6 Å². The highest BCUT2D eigenvalue weighted by atomic mass is 16.4. The first-order valence-electron chi connectivity index (χ1n) is 31.9. The van der Waals surface area contributed by atoms with Gasteiger partial charge in [0.2, 0.25) is 59.1 Å². The van der Waals surface area contributed by atoms with Crippen LogP contribution >= 0.6 is 0 Å². The van der Waals surface area contributed by atoms with Gasteiger partial charge in [0.1, 0.15) is 54.4 Å². The number of primary amides is 1. The van der Waals surface area contributed by atoms with E-state index in [-0.39, 0.29) is 108 Å². The molecule has 0 unspecified atom stereocenters. The van der Waals surface area contributed by atoms with Gasteiger partial charge in [0.05, 0.1) is 12.5 Å². The fourth-order valence-electron chi connectivity index (χ4n) is 9.94. The van der Waals surface area contributed by atoms with Crippen molar-refractivity contribution in [3.8, 4) is 0 Å². The van der Waals surface area contributed by atoms with Crippen molar-refractivity contribution in [1.29, 1.82) is 0 Å². The number of carbonyl (C=O) groups excluding carboxylic acids is 10. The molecule has 0 aliphatic carbocycles. The molecule has 0 radical (unpaired) electrons. The zero-order valence-electron chi connectivity index (χ0n) is 55.2. The van der Waals surface area contributed by atoms with Crippen LogP contribution in [0.4, 0.5) is 0 Å². The second-order valence-electron chi connectivity index (χ2n) is 23.7. The molecule has 0 saturated carbocycles. The molecule has 34 nitrogen and oxygen atoms in total. The normalized spacial score (nSPS) is 14.5. The van der Waals surface area contributed by atoms with Crippen molar-refractivity contribution in [2.45, 2.75) is 179 Å². The standard InChI is InChI=1S/C62H100N22O12/c1-6-34(4)49(58(94)79-43(23-15-27-73-61(68)69)52(88)78-41(21-12-13-25-63)54(90)83-48(33(2)3)57(93)80-44(59(95)96)24-16-28-74-62(70)71)84-56(92)46(31-47(65)85)82-53(89)42(22-14-26-72-60(66)67)77-50(86)35(5)76-55(91)45(30-37-32-75-40-20-11-10-19-38(37)40)81-51(87)39(64)29-36-17-8-7-9-18-36/h7-11,17-20,32-35,39,41-46,48-49,75H,6,12-16,21-31,63-64H2,1-5H3,(H2,65,85)(H,76,91)(H,77,86)(H,78,88)(H,79,94)(H,80,93)(H,81,87)(H,82,89)(H,83,90)(H,84,92)(H,95,96)(H4,66,67,72)(H4,68,69,73)(H4,70,71,74)/t34-,35-,39-,41-,42-,43-,44-,45-,46-,48-,49-/m0/s1. The molecule has 1 aromatic heterocycles. The lowest BCUT2D eigenvalue weighted by Crippen LogP contribution is -2.61. The van der Waals surface area contributed by atoms with Gasteiger partial charge in [-0.15, -0.1) is 0 Å². The Bertz CT molecular complexity index is 3170. The van der Waals surface area contributed by atoms with Gasteiger partial charge in [-0.25, -0.2) is 4.79 Å². The molecule has 11 atom stereocenters. The summed E-state index contributed by atoms with van der Waals surface area (Å²) in [6, 6.07) is 2.38. The Morgan fingerprint density at radius 3 is 1.44 bits per heavy atom. The third-order valence-corrected chi connectivity index (χ3v) is 15.5. The molecule has 96 heavy (non-hydrogen) atoms. The maximum absolute atomic E-state index is 14.6. The minimum atomic E-state index is -1.79. The number of para-hydroxylation sites is 1. The zero-order chi connectivity index (χ0) is 71.6. The van der Waals surface area contributed by atoms with Gasteiger partial charge in [-0.3, -0.25) is 62.9 Å². The summed E-state index contributed by atoms with van der Waals surface area (Å²) in [6.45, 7) is 8.14. The van der Waals surface area contributed by atoms with Crippen LogP contribution in [0.5, 0.6) is 0 Å². The molecule has 0 aliphatic heterocycles. The van der Waals surface area contributed by atoms with Crippen LogP contribution in [-0.2, 0) is 65.6 Å². The molecule has 2 aromatic carbocycles. The third kappa shape index (κ3) is 28.6. The van der Waals surface area contributed by atoms with E-state index >= 15 is 0 Å². The number of fused-ring (bicyclic) bond motifs is 1. The Morgan fingerprint density at radius 2 is 0.917 bits per heavy atom. The molecule has 34 heteroatoms. The first-order valence-corrected chi connectivity index (χ1v) is 31.9. The van der Waals surface area contributed by atoms with E-state index in [2.05, 4.69) is 67.8 Å². The number of carbonyl (C=O) groups is 11. The number of H-pyrrole nitrogens is 1. The molecule has 0 bridgehead atoms. The highest BCUT2D eigenvalue weighted by Gasteiger charge is 2.37. The summed E-state index contributed by atoms with van der Waals surface area (Å²) in [5.74, 6) is -12.3. The molecule has 10 amide bonds. The second kappa shape index (κ2) is 41.6. The van der Waals surface area contributed by atoms with E-state index < -0.39 is 144 Å². The maximum atomic E-state index is 14.6. The molecule has 0 fully saturated rings. The monoisotopic (exact) mass is 1340 g/mol. The van der Waals surface area contributed by atoms with Crippen molar-refractivity contribution in [2.24, 2.45) is 78.4 Å². The number of aliphatic carboxylic acids is 1. The van der Waals surface area contributed by atoms with Crippen LogP contribution in [0.2, 0.25) is 0 Å². The number of benzene rings is 2. The molecule has 530 valence electrons. The number of guanidine groups is 3. The number of carboxylic acid groups (broad SMARTS) is 1. The maximum Gasteiger partial charge on any atom is 0.326 e. The van der Waals surface area contributed by atoms with E-state index in [1.54, 1.807) is 58.2 Å². The fraction of sp³-hybridized carbons (Fsp3) is 0.548. The summed E-state index contributed by atoms with van der Waals surface area (Å²) in [5.41, 5.74) is 52.9. The average Bonchev–Trinajstić information content (AvgIpc) is 1.57. The molecular formula is C62H100N22O12. The van der Waals surface area contributed by atoms with Crippen LogP contribution < -0.4 is 99.5 Å². The Labute approximate surface area is 557 Å². The number of nitrogens with two attached hydrogens (primary N) is 9. The quantitative estimate of drug-likeness (QED) is 0.0144. The van der Waals surface area contributed by atoms with Gasteiger partial charge < -0.3 is 110 Å². The van der Waals surface area contributed by atoms with Crippen molar-refractivity contribution in [2.75, 3.05) is 26.2 Å². The summed E-state index contributed by atoms with van der Waals surface area (Å²) < 4.78 is 0. The van der Waals surface area contributed by atoms with Crippen molar-refractivity contribution in [3.63, 3.8) is 0 Å². The molecule has 29 N–H and O–H groups in total. The Kier molecular flexibility index (Phi) is 34.7. The van der Waals surface area contributed by atoms with Gasteiger partial charge in [0, 0.05) is 43.2 Å². The number of nitrogens with one attached hydrogen (secondary N) is 10. The summed E-state index contributed by atoms with van der Waals surface area (Å²) in [7, 11) is 0. The molecule has 0 aliphatic rings. The van der Waals surface area contributed by atoms with E-state index in [1.165, 1.54) is 6.92 Å². The minimum Gasteiger partial charge on any atom is -0.480 e. The number of aromatic nitrogens is 1. The molecule has 0 saturated heterocycles. The Balaban J connectivity index is 1.92. The van der Waals surface area contributed by atoms with Crippen molar-refractivity contribution < 1.29 is 57.8 Å². The lowest BCUT2D eigenvalue weighted by atomic mass is 9.96. The van der Waals surface area contributed by atoms with Crippen LogP contribution in [0.1, 0.15) is 116 Å². The number of amides is 10. The van der Waals surface area contributed by atoms with Crippen LogP contribution in [0.3, 0.4) is 0 Å². The molecular weight excluding hydrogens is 1240 g/mol. The zero-order valence-corrected chi connectivity index (χ0v) is 55.2. The van der Waals surface area contributed by atoms with Crippen molar-refractivity contribution >= 4 is 93.8 Å². The van der Waals surface area contributed by atoms with E-state index in [4.69, 9.17) is 51.6 Å². The number of hydrogen-bond donors (Lipinski definition) is 20. The first kappa shape index (κ1) is 80.1. The SMILES string of the molecule is CC[C@H](C)[C@H](NC(=O)[C@H](CC(N)=O)NC(=O)[C@H](CCCN=C(N)N)NC(=O)[C@H](C)NC(=O)[C@H](Cc1c[nH]c2ccccc12)NC(=O)[C@@H](N)Cc1ccccc1)C(=O)N[C@@H](CCCN=C(N)N)C(=O)N[C@@H](CCCCN)C(=O)N[C@H](C(=O)N[C@@H](CCCN=C(N)N)C(=O)O)C(C)C. The molecule has 0 spiro atoms. The van der Waals surface area contributed by atoms with E-state index in [0.29, 0.717) is 18.4 Å². The highest BCUT2D eigenvalue weighted by Crippen LogP contribution is 2.20. The Morgan fingerprint density at radius 1 is 0.479 bits per heavy atom. The van der Waals surface area contributed by atoms with E-state index in [9.17, 15) is 57.8 Å². The van der Waals surface area contributed by atoms with Gasteiger partial charge >= 0.3 is 5.97 Å². The summed E-state index contributed by atoms with van der Waals surface area (Å²) in [6.07, 6.45) is 1.92. The van der Waals surface area contributed by atoms with Crippen molar-refractivity contribution in [1.82, 2.24) is 52.8 Å². The lowest BCUT2D eigenvalue weighted by Gasteiger charge is -2.30. The number of carboxylic acids is 1. The molecule has 3 aromatic rings. The van der Waals surface area contributed by atoms with Crippen LogP contribution in [0.25, 0.3) is 10.9 Å². The van der Waals surface area contributed by atoms with Gasteiger partial charge in [0.15, 0.2) is 17.9 Å². The summed E-state index contributed by atoms with van der Waals surface area (Å²) in [4.78, 5) is 167. The Hall–Kier alpha value is -10.1. The summed E-state index contributed by atoms with van der Waals surface area (Å²) >= 11 is 0. The van der Waals surface area contributed by atoms with Crippen LogP contribution in [0.15, 0.2) is 75.8 Å². The number of aliphatic imine (C=N–C) groups is 3. The summed E-state index contributed by atoms with van der Waals surface area (Å²) in [5, 5.41) is 34.1. The molecule has 3 rings (SSSR count). The highest BCUT2D eigenvalue weighted by molar-refractivity contribution is 6.00. The first-order chi connectivity index (χ1) is 45.5. The van der Waals surface area contributed by atoms with Crippen molar-refractivity contribution in [3.05, 3.63) is 71.9 Å². The fourth-order valence-corrected chi connectivity index (χ4v) is 9.94. The number of rotatable bonds is 44. The third-order valence-electron chi connectivity index (χ3n) is 15.5. The van der Waals surface area contributed by atoms with Crippen LogP contribution in [0, 0.1) is 11.8 Å². The smallest absolute Gasteiger partial charge is 0.326 e. The minimum absolute atomic E-state index is 0.00605. The second-order valence-corrected chi connectivity index (χ2v) is 23.7. The van der Waals surface area contributed by atoms with E-state index in [1.807, 2.05) is 30.3 Å². The number of unbranched alkanes of at least 4 members (excludes halogenated alkanes) is 1. The number of nitrogens with zero attached hydrogens (tertiary/aromatic N) is 3. The largest absolute Gasteiger partial charge is 0.480 e. The van der Waals surface area contributed by atoms with E-state index in [0.717, 1.165) is 16.5 Å². The number of aromatic amines is 1. The van der Waals surface area contributed by atoms with Crippen LogP contribution in [-0.4, -0.2) is 180 Å². The number of hydrogen-bond acceptors (Lipinski definition) is 16. The van der Waals surface area contributed by atoms with Gasteiger partial charge in [-0.05, 0) is 107 Å². The average molecular weight is 1350 g/mol.